The highest BCUT2D eigenvalue weighted by molar-refractivity contribution is 7.99. The Bertz CT molecular complexity index is 699. The van der Waals surface area contributed by atoms with E-state index in [-0.39, 0.29) is 0 Å². The van der Waals surface area contributed by atoms with Crippen LogP contribution < -0.4 is 5.32 Å². The minimum absolute atomic E-state index is 0.630. The first kappa shape index (κ1) is 18.6. The molecule has 0 saturated heterocycles. The van der Waals surface area contributed by atoms with Gasteiger partial charge in [-0.1, -0.05) is 53.5 Å². The minimum atomic E-state index is -0.744. The van der Waals surface area contributed by atoms with Crippen LogP contribution in [0.4, 0.5) is 0 Å². The molecule has 0 saturated carbocycles. The molecule has 0 bridgehead atoms. The Balaban J connectivity index is 0.000000260. The Morgan fingerprint density at radius 3 is 2.13 bits per heavy atom. The molecule has 124 valence electrons. The normalized spacial score (nSPS) is 13.8. The van der Waals surface area contributed by atoms with Gasteiger partial charge in [0, 0.05) is 15.8 Å². The van der Waals surface area contributed by atoms with E-state index >= 15 is 0 Å². The fourth-order valence-electron chi connectivity index (χ4n) is 1.96. The predicted octanol–water partition coefficient (Wildman–Crippen LogP) is 4.83. The Kier molecular flexibility index (Phi) is 6.81. The number of rotatable bonds is 6. The summed E-state index contributed by atoms with van der Waals surface area (Å²) in [7, 11) is 1.87. The average molecular weight is 370 g/mol. The highest BCUT2D eigenvalue weighted by Gasteiger charge is 2.20. The second kappa shape index (κ2) is 8.41. The SMILES string of the molecule is CNCCC(C)(O)SCc1ccc(Cl)cc1Cl.c1cc2ccc1=2. The zero-order chi connectivity index (χ0) is 16.9. The minimum Gasteiger partial charge on any atom is -0.380 e. The monoisotopic (exact) mass is 369 g/mol. The molecular weight excluding hydrogens is 349 g/mol. The summed E-state index contributed by atoms with van der Waals surface area (Å²) in [6.07, 6.45) is 0.694. The summed E-state index contributed by atoms with van der Waals surface area (Å²) in [4.78, 5) is -0.744. The van der Waals surface area contributed by atoms with Crippen molar-refractivity contribution in [2.75, 3.05) is 13.6 Å². The van der Waals surface area contributed by atoms with Gasteiger partial charge in [-0.25, -0.2) is 0 Å². The first-order valence-corrected chi connectivity index (χ1v) is 9.21. The maximum Gasteiger partial charge on any atom is 0.109 e. The number of benzene rings is 2. The summed E-state index contributed by atoms with van der Waals surface area (Å²) in [5, 5.41) is 17.3. The van der Waals surface area contributed by atoms with Crippen molar-refractivity contribution in [3.8, 4) is 0 Å². The third-order valence-corrected chi connectivity index (χ3v) is 5.48. The van der Waals surface area contributed by atoms with Gasteiger partial charge in [0.05, 0.1) is 0 Å². The zero-order valence-corrected chi connectivity index (χ0v) is 15.6. The lowest BCUT2D eigenvalue weighted by Crippen LogP contribution is -2.25. The molecule has 1 aromatic carbocycles. The maximum atomic E-state index is 10.1. The van der Waals surface area contributed by atoms with Gasteiger partial charge >= 0.3 is 0 Å². The molecule has 0 heterocycles. The second-order valence-electron chi connectivity index (χ2n) is 5.63. The maximum absolute atomic E-state index is 10.1. The summed E-state index contributed by atoms with van der Waals surface area (Å²) < 4.78 is 0. The van der Waals surface area contributed by atoms with Gasteiger partial charge in [0.15, 0.2) is 0 Å². The molecule has 5 heteroatoms. The molecule has 3 rings (SSSR count). The van der Waals surface area contributed by atoms with Gasteiger partial charge in [-0.05, 0) is 55.1 Å². The molecule has 0 aromatic heterocycles. The summed E-state index contributed by atoms with van der Waals surface area (Å²) in [5.74, 6) is 0.673. The van der Waals surface area contributed by atoms with Gasteiger partial charge in [-0.15, -0.1) is 11.8 Å². The van der Waals surface area contributed by atoms with E-state index in [0.717, 1.165) is 12.1 Å². The summed E-state index contributed by atoms with van der Waals surface area (Å²) >= 11 is 13.4. The third-order valence-electron chi connectivity index (χ3n) is 3.61. The summed E-state index contributed by atoms with van der Waals surface area (Å²) in [6, 6.07) is 13.9. The van der Waals surface area contributed by atoms with Gasteiger partial charge in [-0.2, -0.15) is 0 Å². The van der Waals surface area contributed by atoms with Crippen LogP contribution in [0, 0.1) is 10.4 Å². The first-order valence-electron chi connectivity index (χ1n) is 7.46. The van der Waals surface area contributed by atoms with E-state index in [1.807, 2.05) is 26.1 Å². The van der Waals surface area contributed by atoms with Crippen molar-refractivity contribution >= 4 is 35.0 Å². The molecule has 0 amide bonds. The largest absolute Gasteiger partial charge is 0.380 e. The Labute approximate surface area is 151 Å². The van der Waals surface area contributed by atoms with Crippen LogP contribution in [-0.4, -0.2) is 23.6 Å². The average Bonchev–Trinajstić information content (AvgIpc) is 2.48. The number of thioether (sulfide) groups is 1. The van der Waals surface area contributed by atoms with Crippen LogP contribution in [-0.2, 0) is 5.75 Å². The summed E-state index contributed by atoms with van der Waals surface area (Å²) in [6.45, 7) is 2.60. The fourth-order valence-corrected chi connectivity index (χ4v) is 3.48. The highest BCUT2D eigenvalue weighted by Crippen LogP contribution is 2.32. The Morgan fingerprint density at radius 1 is 1.09 bits per heavy atom. The number of aliphatic hydroxyl groups is 1. The van der Waals surface area contributed by atoms with E-state index in [1.54, 1.807) is 6.07 Å². The molecule has 1 aromatic rings. The van der Waals surface area contributed by atoms with Crippen LogP contribution in [0.5, 0.6) is 0 Å². The van der Waals surface area contributed by atoms with Gasteiger partial charge < -0.3 is 10.4 Å². The van der Waals surface area contributed by atoms with Crippen molar-refractivity contribution in [1.29, 1.82) is 0 Å². The van der Waals surface area contributed by atoms with Gasteiger partial charge in [0.2, 0.25) is 0 Å². The van der Waals surface area contributed by atoms with Crippen molar-refractivity contribution in [2.24, 2.45) is 0 Å². The lowest BCUT2D eigenvalue weighted by atomic mass is 10.1. The Morgan fingerprint density at radius 2 is 1.70 bits per heavy atom. The van der Waals surface area contributed by atoms with Gasteiger partial charge in [0.25, 0.3) is 0 Å². The van der Waals surface area contributed by atoms with Crippen molar-refractivity contribution < 1.29 is 5.11 Å². The van der Waals surface area contributed by atoms with Gasteiger partial charge in [-0.3, -0.25) is 0 Å². The van der Waals surface area contributed by atoms with Crippen LogP contribution in [0.2, 0.25) is 10.0 Å². The van der Waals surface area contributed by atoms with Crippen LogP contribution in [0.25, 0.3) is 0 Å². The number of halogens is 2. The molecule has 23 heavy (non-hydrogen) atoms. The topological polar surface area (TPSA) is 32.3 Å². The molecule has 0 spiro atoms. The third kappa shape index (κ3) is 5.70. The first-order chi connectivity index (χ1) is 10.9. The zero-order valence-electron chi connectivity index (χ0n) is 13.3. The lowest BCUT2D eigenvalue weighted by molar-refractivity contribution is 0.148. The predicted molar refractivity (Wildman–Crippen MR) is 101 cm³/mol. The van der Waals surface area contributed by atoms with E-state index in [0.29, 0.717) is 22.2 Å². The molecule has 1 atom stereocenters. The highest BCUT2D eigenvalue weighted by atomic mass is 35.5. The van der Waals surface area contributed by atoms with Crippen LogP contribution in [0.15, 0.2) is 42.5 Å². The molecule has 0 fully saturated rings. The Hall–Kier alpha value is -0.710. The van der Waals surface area contributed by atoms with Crippen molar-refractivity contribution in [2.45, 2.75) is 24.0 Å². The molecular formula is C18H21Cl2NOS. The van der Waals surface area contributed by atoms with Crippen molar-refractivity contribution in [3.63, 3.8) is 0 Å². The number of hydrogen-bond donors (Lipinski definition) is 2. The standard InChI is InChI=1S/C12H17Cl2NOS.C6H4/c1-12(16,5-6-15-2)17-8-9-3-4-10(13)7-11(9)14;1-2-6-4-3-5(1)6/h3-4,7,15-16H,5-6,8H2,1-2H3;1-4H. The van der Waals surface area contributed by atoms with Crippen molar-refractivity contribution in [3.05, 3.63) is 68.5 Å². The van der Waals surface area contributed by atoms with E-state index in [1.165, 1.54) is 22.2 Å². The quantitative estimate of drug-likeness (QED) is 0.610. The second-order valence-corrected chi connectivity index (χ2v) is 7.93. The number of nitrogens with one attached hydrogen (secondary N) is 1. The summed E-state index contributed by atoms with van der Waals surface area (Å²) in [5.41, 5.74) is 0.991. The van der Waals surface area contributed by atoms with E-state index in [2.05, 4.69) is 29.6 Å². The van der Waals surface area contributed by atoms with Crippen LogP contribution >= 0.6 is 35.0 Å². The molecule has 1 unspecified atom stereocenters. The smallest absolute Gasteiger partial charge is 0.109 e. The van der Waals surface area contributed by atoms with E-state index < -0.39 is 4.93 Å². The van der Waals surface area contributed by atoms with E-state index in [4.69, 9.17) is 23.2 Å². The van der Waals surface area contributed by atoms with Crippen molar-refractivity contribution in [1.82, 2.24) is 5.32 Å². The fraction of sp³-hybridized carbons (Fsp3) is 0.333. The number of hydrogen-bond acceptors (Lipinski definition) is 3. The van der Waals surface area contributed by atoms with Crippen LogP contribution in [0.1, 0.15) is 18.9 Å². The van der Waals surface area contributed by atoms with E-state index in [9.17, 15) is 5.11 Å². The van der Waals surface area contributed by atoms with Crippen LogP contribution in [0.3, 0.4) is 0 Å². The molecule has 2 N–H and O–H groups in total. The molecule has 2 nitrogen and oxygen atoms in total. The molecule has 2 aliphatic carbocycles. The molecule has 2 aliphatic rings. The lowest BCUT2D eigenvalue weighted by Gasteiger charge is -2.22. The van der Waals surface area contributed by atoms with Gasteiger partial charge in [0.1, 0.15) is 4.93 Å². The molecule has 0 aliphatic heterocycles. The molecule has 0 radical (unpaired) electrons.